The van der Waals surface area contributed by atoms with E-state index >= 15 is 4.39 Å². The molecule has 1 amide bonds. The summed E-state index contributed by atoms with van der Waals surface area (Å²) in [6.07, 6.45) is 4.26. The Kier molecular flexibility index (Phi) is 6.34. The van der Waals surface area contributed by atoms with Gasteiger partial charge in [-0.15, -0.1) is 11.3 Å². The van der Waals surface area contributed by atoms with Gasteiger partial charge in [0.05, 0.1) is 51.7 Å². The first-order valence-electron chi connectivity index (χ1n) is 12.1. The van der Waals surface area contributed by atoms with Crippen molar-refractivity contribution in [2.45, 2.75) is 13.0 Å². The summed E-state index contributed by atoms with van der Waals surface area (Å²) in [5.41, 5.74) is 4.70. The van der Waals surface area contributed by atoms with Gasteiger partial charge in [-0.25, -0.2) is 19.3 Å². The fraction of sp³-hybridized carbons (Fsp3) is 0.269. The Labute approximate surface area is 221 Å². The molecule has 5 aromatic rings. The molecular weight excluding hydrogens is 509 g/mol. The zero-order valence-electron chi connectivity index (χ0n) is 20.7. The summed E-state index contributed by atoms with van der Waals surface area (Å²) in [5, 5.41) is 7.91. The zero-order chi connectivity index (χ0) is 26.2. The molecule has 0 radical (unpaired) electrons. The van der Waals surface area contributed by atoms with Crippen molar-refractivity contribution in [3.8, 4) is 16.9 Å². The van der Waals surface area contributed by atoms with E-state index in [9.17, 15) is 4.79 Å². The number of halogens is 1. The number of anilines is 2. The predicted molar refractivity (Wildman–Crippen MR) is 142 cm³/mol. The molecule has 3 aromatic heterocycles. The lowest BCUT2D eigenvalue weighted by Crippen LogP contribution is -2.46. The van der Waals surface area contributed by atoms with Crippen LogP contribution in [0.25, 0.3) is 32.2 Å². The first kappa shape index (κ1) is 24.2. The molecule has 1 aliphatic rings. The first-order chi connectivity index (χ1) is 18.5. The van der Waals surface area contributed by atoms with E-state index in [0.717, 1.165) is 11.1 Å². The topological polar surface area (TPSA) is 107 Å². The molecule has 1 atom stereocenters. The van der Waals surface area contributed by atoms with Gasteiger partial charge in [-0.2, -0.15) is 5.10 Å². The van der Waals surface area contributed by atoms with Gasteiger partial charge in [0.15, 0.2) is 11.9 Å². The number of benzene rings is 2. The minimum absolute atomic E-state index is 0.138. The van der Waals surface area contributed by atoms with Crippen LogP contribution in [0.3, 0.4) is 0 Å². The molecule has 1 fully saturated rings. The Morgan fingerprint density at radius 1 is 1.16 bits per heavy atom. The van der Waals surface area contributed by atoms with Crippen LogP contribution < -0.4 is 10.1 Å². The van der Waals surface area contributed by atoms with E-state index in [4.69, 9.17) is 9.47 Å². The minimum Gasteiger partial charge on any atom is -0.480 e. The molecule has 0 unspecified atom stereocenters. The molecule has 6 rings (SSSR count). The van der Waals surface area contributed by atoms with Gasteiger partial charge in [-0.05, 0) is 36.8 Å². The summed E-state index contributed by atoms with van der Waals surface area (Å²) in [5.74, 6) is 0.206. The average molecular weight is 534 g/mol. The van der Waals surface area contributed by atoms with E-state index in [2.05, 4.69) is 25.4 Å². The van der Waals surface area contributed by atoms with Crippen LogP contribution >= 0.6 is 11.3 Å². The van der Waals surface area contributed by atoms with Crippen molar-refractivity contribution in [1.82, 2.24) is 29.6 Å². The largest absolute Gasteiger partial charge is 0.480 e. The van der Waals surface area contributed by atoms with Gasteiger partial charge < -0.3 is 19.7 Å². The molecule has 38 heavy (non-hydrogen) atoms. The summed E-state index contributed by atoms with van der Waals surface area (Å²) < 4.78 is 29.1. The zero-order valence-corrected chi connectivity index (χ0v) is 21.5. The average Bonchev–Trinajstić information content (AvgIpc) is 3.60. The molecule has 12 heteroatoms. The number of amides is 1. The van der Waals surface area contributed by atoms with Crippen molar-refractivity contribution in [3.63, 3.8) is 0 Å². The van der Waals surface area contributed by atoms with Gasteiger partial charge in [-0.3, -0.25) is 9.48 Å². The number of aromatic nitrogens is 5. The highest BCUT2D eigenvalue weighted by Crippen LogP contribution is 2.38. The second-order valence-corrected chi connectivity index (χ2v) is 9.80. The number of aryl methyl sites for hydroxylation is 1. The Bertz CT molecular complexity index is 1650. The highest BCUT2D eigenvalue weighted by Gasteiger charge is 2.26. The summed E-state index contributed by atoms with van der Waals surface area (Å²) in [6.45, 7) is 3.73. The van der Waals surface area contributed by atoms with Gasteiger partial charge in [0.1, 0.15) is 17.9 Å². The lowest BCUT2D eigenvalue weighted by atomic mass is 10.1. The number of morpholine rings is 1. The molecule has 4 heterocycles. The maximum atomic E-state index is 15.3. The normalized spacial score (nSPS) is 14.7. The number of carbonyl (C=O) groups is 1. The number of ether oxygens (including phenoxy) is 2. The van der Waals surface area contributed by atoms with Crippen molar-refractivity contribution < 1.29 is 18.7 Å². The Morgan fingerprint density at radius 2 is 2.00 bits per heavy atom. The van der Waals surface area contributed by atoms with Crippen LogP contribution in [0.2, 0.25) is 0 Å². The smallest absolute Gasteiger partial charge is 0.263 e. The van der Waals surface area contributed by atoms with Gasteiger partial charge >= 0.3 is 0 Å². The standard InChI is InChI=1S/C26H24FN7O3S/c1-15(26(35)34-5-7-36-8-6-34)37-21-10-16(17-11-31-33(2)12-17)9-20-22(21)25(29-13-28-20)32-18-3-4-19-24(23(18)27)38-14-30-19/h3-4,9-15H,5-8H2,1-2H3,(H,28,29,32)/t15-/m0/s1. The van der Waals surface area contributed by atoms with Crippen LogP contribution in [0.4, 0.5) is 15.9 Å². The molecule has 0 aliphatic carbocycles. The maximum absolute atomic E-state index is 15.3. The van der Waals surface area contributed by atoms with Crippen LogP contribution in [0, 0.1) is 5.82 Å². The molecule has 0 spiro atoms. The SMILES string of the molecule is C[C@H](Oc1cc(-c2cnn(C)c2)cc2ncnc(Nc3ccc4ncsc4c3F)c12)C(=O)N1CCOCC1. The van der Waals surface area contributed by atoms with Crippen molar-refractivity contribution in [2.75, 3.05) is 31.6 Å². The van der Waals surface area contributed by atoms with Crippen LogP contribution in [-0.2, 0) is 16.6 Å². The van der Waals surface area contributed by atoms with Crippen molar-refractivity contribution >= 4 is 49.9 Å². The van der Waals surface area contributed by atoms with Crippen molar-refractivity contribution in [1.29, 1.82) is 0 Å². The molecule has 1 aliphatic heterocycles. The fourth-order valence-electron chi connectivity index (χ4n) is 4.48. The summed E-state index contributed by atoms with van der Waals surface area (Å²) in [6, 6.07) is 7.10. The van der Waals surface area contributed by atoms with Crippen LogP contribution in [0.1, 0.15) is 6.92 Å². The van der Waals surface area contributed by atoms with E-state index in [1.165, 1.54) is 17.7 Å². The molecule has 10 nitrogen and oxygen atoms in total. The van der Waals surface area contributed by atoms with E-state index < -0.39 is 11.9 Å². The fourth-order valence-corrected chi connectivity index (χ4v) is 5.21. The molecular formula is C26H24FN7O3S. The second kappa shape index (κ2) is 9.95. The van der Waals surface area contributed by atoms with Gasteiger partial charge in [-0.1, -0.05) is 0 Å². The molecule has 1 saturated heterocycles. The summed E-state index contributed by atoms with van der Waals surface area (Å²) in [7, 11) is 1.84. The van der Waals surface area contributed by atoms with Crippen molar-refractivity contribution in [3.05, 3.63) is 54.3 Å². The number of fused-ring (bicyclic) bond motifs is 2. The van der Waals surface area contributed by atoms with Gasteiger partial charge in [0.25, 0.3) is 5.91 Å². The number of thiazole rings is 1. The lowest BCUT2D eigenvalue weighted by molar-refractivity contribution is -0.142. The molecule has 2 aromatic carbocycles. The van der Waals surface area contributed by atoms with Crippen LogP contribution in [0.5, 0.6) is 5.75 Å². The number of carbonyl (C=O) groups excluding carboxylic acids is 1. The summed E-state index contributed by atoms with van der Waals surface area (Å²) in [4.78, 5) is 27.9. The number of hydrogen-bond donors (Lipinski definition) is 1. The minimum atomic E-state index is -0.779. The summed E-state index contributed by atoms with van der Waals surface area (Å²) >= 11 is 1.23. The number of nitrogens with one attached hydrogen (secondary N) is 1. The third kappa shape index (κ3) is 4.52. The van der Waals surface area contributed by atoms with E-state index in [-0.39, 0.29) is 11.6 Å². The Hall–Kier alpha value is -4.16. The maximum Gasteiger partial charge on any atom is 0.263 e. The lowest BCUT2D eigenvalue weighted by Gasteiger charge is -2.29. The van der Waals surface area contributed by atoms with Crippen LogP contribution in [0.15, 0.2) is 48.5 Å². The van der Waals surface area contributed by atoms with E-state index in [1.807, 2.05) is 25.4 Å². The molecule has 0 saturated carbocycles. The quantitative estimate of drug-likeness (QED) is 0.347. The van der Waals surface area contributed by atoms with Gasteiger partial charge in [0, 0.05) is 31.9 Å². The highest BCUT2D eigenvalue weighted by molar-refractivity contribution is 7.16. The highest BCUT2D eigenvalue weighted by atomic mass is 32.1. The van der Waals surface area contributed by atoms with Crippen molar-refractivity contribution in [2.24, 2.45) is 7.05 Å². The van der Waals surface area contributed by atoms with Gasteiger partial charge in [0.2, 0.25) is 0 Å². The second-order valence-electron chi connectivity index (χ2n) is 8.94. The Balaban J connectivity index is 1.43. The molecule has 0 bridgehead atoms. The van der Waals surface area contributed by atoms with E-state index in [0.29, 0.717) is 59.0 Å². The number of nitrogens with zero attached hydrogens (tertiary/aromatic N) is 6. The predicted octanol–water partition coefficient (Wildman–Crippen LogP) is 4.15. The number of hydrogen-bond acceptors (Lipinski definition) is 9. The number of rotatable bonds is 6. The Morgan fingerprint density at radius 3 is 2.79 bits per heavy atom. The third-order valence-electron chi connectivity index (χ3n) is 6.41. The van der Waals surface area contributed by atoms with E-state index in [1.54, 1.807) is 40.3 Å². The molecule has 194 valence electrons. The first-order valence-corrected chi connectivity index (χ1v) is 13.0. The monoisotopic (exact) mass is 533 g/mol. The molecule has 1 N–H and O–H groups in total. The third-order valence-corrected chi connectivity index (χ3v) is 7.24. The van der Waals surface area contributed by atoms with Crippen LogP contribution in [-0.4, -0.2) is 67.9 Å².